The van der Waals surface area contributed by atoms with Crippen LogP contribution in [0.1, 0.15) is 18.2 Å². The zero-order valence-electron chi connectivity index (χ0n) is 13.9. The topological polar surface area (TPSA) is 53.1 Å². The molecule has 1 aromatic heterocycles. The second-order valence-electron chi connectivity index (χ2n) is 5.54. The number of hydrogen-bond acceptors (Lipinski definition) is 3. The summed E-state index contributed by atoms with van der Waals surface area (Å²) in [6, 6.07) is 12.1. The Kier molecular flexibility index (Phi) is 5.36. The molecule has 1 heterocycles. The summed E-state index contributed by atoms with van der Waals surface area (Å²) in [7, 11) is 0. The van der Waals surface area contributed by atoms with Crippen molar-refractivity contribution in [3.63, 3.8) is 0 Å². The normalized spacial score (nSPS) is 10.9. The summed E-state index contributed by atoms with van der Waals surface area (Å²) in [5, 5.41) is 0.315. The molecule has 0 saturated heterocycles. The van der Waals surface area contributed by atoms with Gasteiger partial charge in [-0.05, 0) is 31.2 Å². The van der Waals surface area contributed by atoms with Crippen molar-refractivity contribution in [2.45, 2.75) is 20.0 Å². The Labute approximate surface area is 151 Å². The number of hydrogen-bond donors (Lipinski definition) is 1. The van der Waals surface area contributed by atoms with Gasteiger partial charge in [0, 0.05) is 17.7 Å². The summed E-state index contributed by atoms with van der Waals surface area (Å²) in [6.07, 6.45) is 1.72. The lowest BCUT2D eigenvalue weighted by atomic mass is 10.1. The summed E-state index contributed by atoms with van der Waals surface area (Å²) in [5.74, 6) is 0.455. The minimum absolute atomic E-state index is 0.292. The number of benzene rings is 2. The van der Waals surface area contributed by atoms with Crippen LogP contribution in [-0.2, 0) is 13.1 Å². The first kappa shape index (κ1) is 17.5. The SMILES string of the molecule is CCOc1ccccc1Cn1cnc(-c2ccc(F)cc2Cl)c1CN. The molecule has 0 aliphatic carbocycles. The summed E-state index contributed by atoms with van der Waals surface area (Å²) in [5.41, 5.74) is 9.16. The highest BCUT2D eigenvalue weighted by Gasteiger charge is 2.16. The van der Waals surface area contributed by atoms with E-state index in [9.17, 15) is 4.39 Å². The van der Waals surface area contributed by atoms with Crippen molar-refractivity contribution in [1.82, 2.24) is 9.55 Å². The summed E-state index contributed by atoms with van der Waals surface area (Å²) >= 11 is 6.18. The first-order valence-corrected chi connectivity index (χ1v) is 8.42. The number of para-hydroxylation sites is 1. The van der Waals surface area contributed by atoms with Gasteiger partial charge in [-0.25, -0.2) is 9.37 Å². The fourth-order valence-electron chi connectivity index (χ4n) is 2.78. The van der Waals surface area contributed by atoms with E-state index >= 15 is 0 Å². The Morgan fingerprint density at radius 1 is 1.24 bits per heavy atom. The van der Waals surface area contributed by atoms with Crippen LogP contribution in [0.3, 0.4) is 0 Å². The number of halogens is 2. The van der Waals surface area contributed by atoms with E-state index in [2.05, 4.69) is 4.98 Å². The lowest BCUT2D eigenvalue weighted by Crippen LogP contribution is -2.09. The van der Waals surface area contributed by atoms with Gasteiger partial charge in [0.25, 0.3) is 0 Å². The molecular formula is C19H19ClFN3O. The largest absolute Gasteiger partial charge is 0.494 e. The summed E-state index contributed by atoms with van der Waals surface area (Å²) < 4.78 is 21.0. The predicted molar refractivity (Wildman–Crippen MR) is 97.2 cm³/mol. The number of imidazole rings is 1. The first-order chi connectivity index (χ1) is 12.1. The molecule has 0 aliphatic rings. The highest BCUT2D eigenvalue weighted by molar-refractivity contribution is 6.33. The zero-order chi connectivity index (χ0) is 17.8. The van der Waals surface area contributed by atoms with Gasteiger partial charge in [0.1, 0.15) is 11.6 Å². The van der Waals surface area contributed by atoms with Gasteiger partial charge < -0.3 is 15.0 Å². The van der Waals surface area contributed by atoms with Crippen molar-refractivity contribution >= 4 is 11.6 Å². The van der Waals surface area contributed by atoms with Crippen LogP contribution in [0, 0.1) is 5.82 Å². The first-order valence-electron chi connectivity index (χ1n) is 8.04. The molecule has 25 heavy (non-hydrogen) atoms. The summed E-state index contributed by atoms with van der Waals surface area (Å²) in [6.45, 7) is 3.42. The molecule has 0 fully saturated rings. The van der Waals surface area contributed by atoms with Crippen LogP contribution >= 0.6 is 11.6 Å². The van der Waals surface area contributed by atoms with E-state index in [1.165, 1.54) is 12.1 Å². The minimum atomic E-state index is -0.381. The minimum Gasteiger partial charge on any atom is -0.494 e. The molecule has 2 N–H and O–H groups in total. The average molecular weight is 360 g/mol. The lowest BCUT2D eigenvalue weighted by Gasteiger charge is -2.13. The molecule has 0 aliphatic heterocycles. The maximum absolute atomic E-state index is 13.3. The van der Waals surface area contributed by atoms with Crippen LogP contribution in [0.25, 0.3) is 11.3 Å². The molecule has 2 aromatic carbocycles. The van der Waals surface area contributed by atoms with Gasteiger partial charge in [0.15, 0.2) is 0 Å². The van der Waals surface area contributed by atoms with Crippen LogP contribution in [0.4, 0.5) is 4.39 Å². The van der Waals surface area contributed by atoms with Crippen LogP contribution in [0.15, 0.2) is 48.8 Å². The maximum atomic E-state index is 13.3. The standard InChI is InChI=1S/C19H19ClFN3O/c1-2-25-18-6-4-3-5-13(18)11-24-12-23-19(17(24)10-22)15-8-7-14(21)9-16(15)20/h3-9,12H,2,10-11,22H2,1H3. The molecule has 0 bridgehead atoms. The van der Waals surface area contributed by atoms with Crippen molar-refractivity contribution in [2.75, 3.05) is 6.61 Å². The smallest absolute Gasteiger partial charge is 0.124 e. The van der Waals surface area contributed by atoms with E-state index in [-0.39, 0.29) is 5.82 Å². The molecule has 0 saturated carbocycles. The molecule has 0 radical (unpaired) electrons. The van der Waals surface area contributed by atoms with Gasteiger partial charge in [-0.2, -0.15) is 0 Å². The predicted octanol–water partition coefficient (Wildman–Crippen LogP) is 4.25. The molecule has 0 unspecified atom stereocenters. The number of nitrogens with two attached hydrogens (primary N) is 1. The number of aromatic nitrogens is 2. The second-order valence-corrected chi connectivity index (χ2v) is 5.94. The lowest BCUT2D eigenvalue weighted by molar-refractivity contribution is 0.335. The van der Waals surface area contributed by atoms with Crippen molar-refractivity contribution in [1.29, 1.82) is 0 Å². The van der Waals surface area contributed by atoms with Gasteiger partial charge in [-0.1, -0.05) is 29.8 Å². The Morgan fingerprint density at radius 2 is 2.04 bits per heavy atom. The van der Waals surface area contributed by atoms with Crippen molar-refractivity contribution in [2.24, 2.45) is 5.73 Å². The fraction of sp³-hybridized carbons (Fsp3) is 0.211. The van der Waals surface area contributed by atoms with Crippen molar-refractivity contribution < 1.29 is 9.13 Å². The Balaban J connectivity index is 1.98. The fourth-order valence-corrected chi connectivity index (χ4v) is 3.04. The van der Waals surface area contributed by atoms with Crippen LogP contribution in [0.2, 0.25) is 5.02 Å². The molecule has 4 nitrogen and oxygen atoms in total. The van der Waals surface area contributed by atoms with E-state index in [1.54, 1.807) is 12.4 Å². The Morgan fingerprint density at radius 3 is 2.76 bits per heavy atom. The summed E-state index contributed by atoms with van der Waals surface area (Å²) in [4.78, 5) is 4.45. The average Bonchev–Trinajstić information content (AvgIpc) is 2.99. The van der Waals surface area contributed by atoms with Gasteiger partial charge in [0.2, 0.25) is 0 Å². The highest BCUT2D eigenvalue weighted by Crippen LogP contribution is 2.30. The van der Waals surface area contributed by atoms with Crippen LogP contribution in [-0.4, -0.2) is 16.2 Å². The Bertz CT molecular complexity index is 879. The van der Waals surface area contributed by atoms with Gasteiger partial charge in [-0.15, -0.1) is 0 Å². The molecular weight excluding hydrogens is 341 g/mol. The van der Waals surface area contributed by atoms with E-state index in [4.69, 9.17) is 22.1 Å². The third kappa shape index (κ3) is 3.67. The van der Waals surface area contributed by atoms with Crippen molar-refractivity contribution in [3.8, 4) is 17.0 Å². The van der Waals surface area contributed by atoms with E-state index < -0.39 is 0 Å². The molecule has 130 valence electrons. The maximum Gasteiger partial charge on any atom is 0.124 e. The molecule has 3 rings (SSSR count). The highest BCUT2D eigenvalue weighted by atomic mass is 35.5. The number of nitrogens with zero attached hydrogens (tertiary/aromatic N) is 2. The zero-order valence-corrected chi connectivity index (χ0v) is 14.6. The monoisotopic (exact) mass is 359 g/mol. The van der Waals surface area contributed by atoms with Gasteiger partial charge in [-0.3, -0.25) is 0 Å². The van der Waals surface area contributed by atoms with Crippen LogP contribution < -0.4 is 10.5 Å². The van der Waals surface area contributed by atoms with Crippen molar-refractivity contribution in [3.05, 3.63) is 70.9 Å². The van der Waals surface area contributed by atoms with E-state index in [1.807, 2.05) is 35.8 Å². The second kappa shape index (κ2) is 7.68. The number of rotatable bonds is 6. The molecule has 3 aromatic rings. The molecule has 0 amide bonds. The molecule has 6 heteroatoms. The van der Waals surface area contributed by atoms with E-state index in [0.717, 1.165) is 17.0 Å². The van der Waals surface area contributed by atoms with Gasteiger partial charge >= 0.3 is 0 Å². The third-order valence-corrected chi connectivity index (χ3v) is 4.25. The van der Waals surface area contributed by atoms with Gasteiger partial charge in [0.05, 0.1) is 35.9 Å². The third-order valence-electron chi connectivity index (χ3n) is 3.94. The van der Waals surface area contributed by atoms with Crippen LogP contribution in [0.5, 0.6) is 5.75 Å². The van der Waals surface area contributed by atoms with E-state index in [0.29, 0.717) is 36.0 Å². The molecule has 0 atom stereocenters. The number of ether oxygens (including phenoxy) is 1. The quantitative estimate of drug-likeness (QED) is 0.715. The molecule has 0 spiro atoms. The Hall–Kier alpha value is -2.37.